The van der Waals surface area contributed by atoms with Crippen LogP contribution in [0.3, 0.4) is 0 Å². The fraction of sp³-hybridized carbons (Fsp3) is 0.857. The topological polar surface area (TPSA) is 69.6 Å². The Bertz CT molecular complexity index is 314. The summed E-state index contributed by atoms with van der Waals surface area (Å²) >= 11 is 0. The molecular weight excluding hydrogens is 244 g/mol. The number of hydrogen-bond donors (Lipinski definition) is 2. The van der Waals surface area contributed by atoms with Crippen LogP contribution in [0, 0.1) is 5.92 Å². The second-order valence-electron chi connectivity index (χ2n) is 6.12. The van der Waals surface area contributed by atoms with Crippen LogP contribution in [0.5, 0.6) is 0 Å². The number of carbonyl (C=O) groups is 2. The monoisotopic (exact) mass is 272 g/mol. The van der Waals surface area contributed by atoms with Crippen molar-refractivity contribution in [2.45, 2.75) is 59.5 Å². The average molecular weight is 272 g/mol. The third kappa shape index (κ3) is 7.15. The molecule has 0 aromatic carbocycles. The summed E-state index contributed by atoms with van der Waals surface area (Å²) in [6.07, 6.45) is 0.828. The van der Waals surface area contributed by atoms with Gasteiger partial charge in [0.15, 0.2) is 0 Å². The van der Waals surface area contributed by atoms with Gasteiger partial charge in [-0.3, -0.25) is 14.5 Å². The molecule has 0 aromatic heterocycles. The third-order valence-corrected chi connectivity index (χ3v) is 3.21. The summed E-state index contributed by atoms with van der Waals surface area (Å²) in [5, 5.41) is 11.9. The molecule has 0 heterocycles. The van der Waals surface area contributed by atoms with Crippen molar-refractivity contribution in [1.29, 1.82) is 0 Å². The summed E-state index contributed by atoms with van der Waals surface area (Å²) in [6, 6.07) is -0.440. The van der Waals surface area contributed by atoms with E-state index < -0.39 is 12.0 Å². The van der Waals surface area contributed by atoms with Crippen molar-refractivity contribution in [2.24, 2.45) is 5.92 Å². The molecule has 0 fully saturated rings. The van der Waals surface area contributed by atoms with Crippen LogP contribution in [0.2, 0.25) is 0 Å². The minimum Gasteiger partial charge on any atom is -0.480 e. The van der Waals surface area contributed by atoms with Crippen LogP contribution >= 0.6 is 0 Å². The van der Waals surface area contributed by atoms with Gasteiger partial charge in [-0.2, -0.15) is 0 Å². The van der Waals surface area contributed by atoms with Crippen molar-refractivity contribution in [2.75, 3.05) is 13.1 Å². The largest absolute Gasteiger partial charge is 0.480 e. The lowest BCUT2D eigenvalue weighted by atomic mass is 10.0. The first kappa shape index (κ1) is 17.9. The van der Waals surface area contributed by atoms with Crippen LogP contribution in [0.4, 0.5) is 0 Å². The molecule has 1 amide bonds. The van der Waals surface area contributed by atoms with E-state index in [2.05, 4.69) is 5.32 Å². The number of carbonyl (C=O) groups excluding carboxylic acids is 1. The van der Waals surface area contributed by atoms with Crippen LogP contribution < -0.4 is 5.32 Å². The number of aliphatic carboxylic acids is 1. The molecule has 19 heavy (non-hydrogen) atoms. The van der Waals surface area contributed by atoms with Gasteiger partial charge in [0, 0.05) is 12.1 Å². The molecule has 0 aromatic rings. The number of nitrogens with zero attached hydrogens (tertiary/aromatic N) is 1. The minimum atomic E-state index is -0.907. The van der Waals surface area contributed by atoms with Gasteiger partial charge in [-0.25, -0.2) is 0 Å². The molecule has 0 rings (SSSR count). The van der Waals surface area contributed by atoms with Gasteiger partial charge in [0.05, 0.1) is 12.6 Å². The quantitative estimate of drug-likeness (QED) is 0.706. The van der Waals surface area contributed by atoms with Crippen LogP contribution in [-0.4, -0.2) is 46.6 Å². The summed E-state index contributed by atoms with van der Waals surface area (Å²) in [5.74, 6) is -0.711. The number of amides is 1. The van der Waals surface area contributed by atoms with Gasteiger partial charge in [0.25, 0.3) is 0 Å². The van der Waals surface area contributed by atoms with Gasteiger partial charge in [-0.05, 0) is 33.1 Å². The summed E-state index contributed by atoms with van der Waals surface area (Å²) in [4.78, 5) is 24.8. The first-order valence-electron chi connectivity index (χ1n) is 6.87. The fourth-order valence-electron chi connectivity index (χ4n) is 1.69. The lowest BCUT2D eigenvalue weighted by Crippen LogP contribution is -2.53. The zero-order valence-corrected chi connectivity index (χ0v) is 13.0. The Balaban J connectivity index is 4.73. The summed E-state index contributed by atoms with van der Waals surface area (Å²) in [5.41, 5.74) is -0.266. The Labute approximate surface area is 116 Å². The van der Waals surface area contributed by atoms with Crippen molar-refractivity contribution in [1.82, 2.24) is 10.2 Å². The molecule has 0 aliphatic rings. The highest BCUT2D eigenvalue weighted by molar-refractivity contribution is 5.82. The van der Waals surface area contributed by atoms with Gasteiger partial charge in [-0.1, -0.05) is 20.8 Å². The second kappa shape index (κ2) is 7.48. The van der Waals surface area contributed by atoms with E-state index in [1.807, 2.05) is 34.6 Å². The third-order valence-electron chi connectivity index (χ3n) is 3.21. The number of carboxylic acids is 1. The first-order chi connectivity index (χ1) is 8.59. The van der Waals surface area contributed by atoms with Crippen molar-refractivity contribution in [3.05, 3.63) is 0 Å². The molecular formula is C14H28N2O3. The predicted octanol–water partition coefficient (Wildman–Crippen LogP) is 1.72. The Morgan fingerprint density at radius 2 is 1.79 bits per heavy atom. The van der Waals surface area contributed by atoms with Crippen molar-refractivity contribution in [3.8, 4) is 0 Å². The normalized spacial score (nSPS) is 13.7. The maximum Gasteiger partial charge on any atom is 0.317 e. The maximum atomic E-state index is 12.2. The molecule has 1 atom stereocenters. The van der Waals surface area contributed by atoms with E-state index in [4.69, 9.17) is 5.11 Å². The summed E-state index contributed by atoms with van der Waals surface area (Å²) in [7, 11) is 0. The SMILES string of the molecule is CCC(C)(C)NC(=O)C(C)N(CC(=O)O)CC(C)C. The van der Waals surface area contributed by atoms with E-state index in [1.165, 1.54) is 0 Å². The van der Waals surface area contributed by atoms with Gasteiger partial charge >= 0.3 is 5.97 Å². The maximum absolute atomic E-state index is 12.2. The smallest absolute Gasteiger partial charge is 0.317 e. The Morgan fingerprint density at radius 3 is 2.16 bits per heavy atom. The highest BCUT2D eigenvalue weighted by Crippen LogP contribution is 2.10. The molecule has 0 spiro atoms. The van der Waals surface area contributed by atoms with E-state index in [0.717, 1.165) is 6.42 Å². The first-order valence-corrected chi connectivity index (χ1v) is 6.87. The minimum absolute atomic E-state index is 0.112. The predicted molar refractivity (Wildman–Crippen MR) is 76.0 cm³/mol. The van der Waals surface area contributed by atoms with Crippen LogP contribution in [0.25, 0.3) is 0 Å². The van der Waals surface area contributed by atoms with Crippen LogP contribution in [-0.2, 0) is 9.59 Å². The van der Waals surface area contributed by atoms with Gasteiger partial charge < -0.3 is 10.4 Å². The standard InChI is InChI=1S/C14H28N2O3/c1-7-14(5,6)15-13(19)11(4)16(8-10(2)3)9-12(17)18/h10-11H,7-9H2,1-6H3,(H,15,19)(H,17,18). The zero-order valence-electron chi connectivity index (χ0n) is 13.0. The van der Waals surface area contributed by atoms with E-state index in [0.29, 0.717) is 12.5 Å². The molecule has 0 saturated heterocycles. The highest BCUT2D eigenvalue weighted by Gasteiger charge is 2.27. The molecule has 0 radical (unpaired) electrons. The van der Waals surface area contributed by atoms with Crippen LogP contribution in [0.1, 0.15) is 48.0 Å². The van der Waals surface area contributed by atoms with Crippen molar-refractivity contribution < 1.29 is 14.7 Å². The van der Waals surface area contributed by atoms with Gasteiger partial charge in [0.1, 0.15) is 0 Å². The average Bonchev–Trinajstić information content (AvgIpc) is 2.25. The van der Waals surface area contributed by atoms with Crippen molar-refractivity contribution in [3.63, 3.8) is 0 Å². The number of nitrogens with one attached hydrogen (secondary N) is 1. The van der Waals surface area contributed by atoms with E-state index in [9.17, 15) is 9.59 Å². The number of rotatable bonds is 8. The van der Waals surface area contributed by atoms with Gasteiger partial charge in [0.2, 0.25) is 5.91 Å². The molecule has 0 aliphatic carbocycles. The fourth-order valence-corrected chi connectivity index (χ4v) is 1.69. The van der Waals surface area contributed by atoms with E-state index in [1.54, 1.807) is 11.8 Å². The molecule has 112 valence electrons. The Hall–Kier alpha value is -1.10. The molecule has 0 aliphatic heterocycles. The Morgan fingerprint density at radius 1 is 1.26 bits per heavy atom. The lowest BCUT2D eigenvalue weighted by molar-refractivity contribution is -0.140. The van der Waals surface area contributed by atoms with E-state index >= 15 is 0 Å². The molecule has 1 unspecified atom stereocenters. The molecule has 5 nitrogen and oxygen atoms in total. The second-order valence-corrected chi connectivity index (χ2v) is 6.12. The summed E-state index contributed by atoms with van der Waals surface area (Å²) in [6.45, 7) is 12.2. The molecule has 0 saturated carbocycles. The van der Waals surface area contributed by atoms with E-state index in [-0.39, 0.29) is 18.0 Å². The molecule has 5 heteroatoms. The number of carboxylic acid groups (broad SMARTS) is 1. The lowest BCUT2D eigenvalue weighted by Gasteiger charge is -2.32. The van der Waals surface area contributed by atoms with Gasteiger partial charge in [-0.15, -0.1) is 0 Å². The summed E-state index contributed by atoms with van der Waals surface area (Å²) < 4.78 is 0. The number of hydrogen-bond acceptors (Lipinski definition) is 3. The Kier molecular flexibility index (Phi) is 7.05. The van der Waals surface area contributed by atoms with Crippen LogP contribution in [0.15, 0.2) is 0 Å². The molecule has 2 N–H and O–H groups in total. The molecule has 0 bridgehead atoms. The highest BCUT2D eigenvalue weighted by atomic mass is 16.4. The zero-order chi connectivity index (χ0) is 15.2. The van der Waals surface area contributed by atoms with Crippen molar-refractivity contribution >= 4 is 11.9 Å².